The molecular weight excluding hydrogens is 266 g/mol. The maximum atomic E-state index is 12.7. The van der Waals surface area contributed by atoms with Crippen molar-refractivity contribution in [2.24, 2.45) is 22.7 Å². The first kappa shape index (κ1) is 13.9. The van der Waals surface area contributed by atoms with Gasteiger partial charge in [-0.25, -0.2) is 0 Å². The molecule has 2 aliphatic carbocycles. The van der Waals surface area contributed by atoms with Gasteiger partial charge in [-0.2, -0.15) is 0 Å². The molecule has 112 valence electrons. The van der Waals surface area contributed by atoms with Gasteiger partial charge in [-0.1, -0.05) is 17.3 Å². The monoisotopic (exact) mass is 287 g/mol. The minimum absolute atomic E-state index is 0.0283. The van der Waals surface area contributed by atoms with Crippen molar-refractivity contribution >= 4 is 11.7 Å². The van der Waals surface area contributed by atoms with Gasteiger partial charge in [0, 0.05) is 24.2 Å². The maximum Gasteiger partial charge on any atom is 0.253 e. The molecule has 3 rings (SSSR count). The number of hydrogen-bond donors (Lipinski definition) is 2. The van der Waals surface area contributed by atoms with Crippen LogP contribution in [-0.2, 0) is 0 Å². The number of nitrogens with two attached hydrogens (primary N) is 1. The van der Waals surface area contributed by atoms with E-state index in [2.05, 4.69) is 5.16 Å². The average Bonchev–Trinajstić information content (AvgIpc) is 3.41. The van der Waals surface area contributed by atoms with Crippen LogP contribution >= 0.6 is 0 Å². The van der Waals surface area contributed by atoms with E-state index in [0.29, 0.717) is 23.0 Å². The van der Waals surface area contributed by atoms with Gasteiger partial charge >= 0.3 is 0 Å². The highest BCUT2D eigenvalue weighted by Crippen LogP contribution is 2.34. The SMILES string of the molecule is NC(=NO)c1cccc(C(=O)N(CC2CC2)CC2CC2)c1. The van der Waals surface area contributed by atoms with Crippen LogP contribution in [0.1, 0.15) is 41.6 Å². The first-order chi connectivity index (χ1) is 10.2. The first-order valence-corrected chi connectivity index (χ1v) is 7.54. The Morgan fingerprint density at radius 1 is 1.19 bits per heavy atom. The molecule has 21 heavy (non-hydrogen) atoms. The molecule has 5 heteroatoms. The van der Waals surface area contributed by atoms with Crippen molar-refractivity contribution in [2.45, 2.75) is 25.7 Å². The van der Waals surface area contributed by atoms with E-state index in [1.807, 2.05) is 4.90 Å². The van der Waals surface area contributed by atoms with Crippen LogP contribution in [0.25, 0.3) is 0 Å². The molecule has 2 saturated carbocycles. The van der Waals surface area contributed by atoms with E-state index in [1.54, 1.807) is 24.3 Å². The number of benzene rings is 1. The summed E-state index contributed by atoms with van der Waals surface area (Å²) < 4.78 is 0. The van der Waals surface area contributed by atoms with E-state index in [-0.39, 0.29) is 11.7 Å². The topological polar surface area (TPSA) is 78.9 Å². The number of amides is 1. The van der Waals surface area contributed by atoms with Crippen molar-refractivity contribution in [3.63, 3.8) is 0 Å². The Morgan fingerprint density at radius 2 is 1.76 bits per heavy atom. The van der Waals surface area contributed by atoms with Crippen LogP contribution in [0.4, 0.5) is 0 Å². The third-order valence-electron chi connectivity index (χ3n) is 4.15. The van der Waals surface area contributed by atoms with Crippen molar-refractivity contribution in [1.29, 1.82) is 0 Å². The normalized spacial score (nSPS) is 18.6. The summed E-state index contributed by atoms with van der Waals surface area (Å²) in [4.78, 5) is 14.7. The molecule has 0 aliphatic heterocycles. The molecule has 1 aromatic carbocycles. The summed E-state index contributed by atoms with van der Waals surface area (Å²) >= 11 is 0. The molecule has 0 unspecified atom stereocenters. The number of carbonyl (C=O) groups is 1. The van der Waals surface area contributed by atoms with E-state index in [4.69, 9.17) is 10.9 Å². The van der Waals surface area contributed by atoms with E-state index in [9.17, 15) is 4.79 Å². The third kappa shape index (κ3) is 3.54. The largest absolute Gasteiger partial charge is 0.409 e. The van der Waals surface area contributed by atoms with Crippen LogP contribution in [0, 0.1) is 11.8 Å². The van der Waals surface area contributed by atoms with Crippen LogP contribution in [0.3, 0.4) is 0 Å². The Morgan fingerprint density at radius 3 is 2.29 bits per heavy atom. The fourth-order valence-corrected chi connectivity index (χ4v) is 2.52. The van der Waals surface area contributed by atoms with Gasteiger partial charge in [-0.3, -0.25) is 4.79 Å². The minimum Gasteiger partial charge on any atom is -0.409 e. The van der Waals surface area contributed by atoms with Crippen molar-refractivity contribution < 1.29 is 10.0 Å². The lowest BCUT2D eigenvalue weighted by Gasteiger charge is -2.23. The Bertz CT molecular complexity index is 548. The number of carbonyl (C=O) groups excluding carboxylic acids is 1. The molecule has 5 nitrogen and oxygen atoms in total. The molecular formula is C16H21N3O2. The zero-order valence-corrected chi connectivity index (χ0v) is 12.0. The van der Waals surface area contributed by atoms with Gasteiger partial charge in [0.15, 0.2) is 5.84 Å². The Balaban J connectivity index is 1.77. The summed E-state index contributed by atoms with van der Waals surface area (Å²) in [6, 6.07) is 7.00. The fraction of sp³-hybridized carbons (Fsp3) is 0.500. The first-order valence-electron chi connectivity index (χ1n) is 7.54. The summed E-state index contributed by atoms with van der Waals surface area (Å²) in [5.41, 5.74) is 6.78. The average molecular weight is 287 g/mol. The van der Waals surface area contributed by atoms with Gasteiger partial charge in [0.05, 0.1) is 0 Å². The molecule has 0 saturated heterocycles. The Hall–Kier alpha value is -2.04. The summed E-state index contributed by atoms with van der Waals surface area (Å²) in [7, 11) is 0. The molecule has 1 aromatic rings. The predicted molar refractivity (Wildman–Crippen MR) is 80.3 cm³/mol. The molecule has 2 aliphatic rings. The number of nitrogens with zero attached hydrogens (tertiary/aromatic N) is 2. The molecule has 1 amide bonds. The Kier molecular flexibility index (Phi) is 3.82. The van der Waals surface area contributed by atoms with Gasteiger partial charge in [-0.15, -0.1) is 0 Å². The van der Waals surface area contributed by atoms with Crippen LogP contribution < -0.4 is 5.73 Å². The molecule has 3 N–H and O–H groups in total. The van der Waals surface area contributed by atoms with Crippen molar-refractivity contribution in [3.05, 3.63) is 35.4 Å². The minimum atomic E-state index is 0.0283. The standard InChI is InChI=1S/C16H21N3O2/c17-15(18-21)13-2-1-3-14(8-13)16(20)19(9-11-4-5-11)10-12-6-7-12/h1-3,8,11-12,21H,4-7,9-10H2,(H2,17,18). The highest BCUT2D eigenvalue weighted by atomic mass is 16.4. The third-order valence-corrected chi connectivity index (χ3v) is 4.15. The Labute approximate surface area is 124 Å². The van der Waals surface area contributed by atoms with Crippen LogP contribution in [-0.4, -0.2) is 34.9 Å². The predicted octanol–water partition coefficient (Wildman–Crippen LogP) is 2.04. The van der Waals surface area contributed by atoms with Crippen molar-refractivity contribution in [2.75, 3.05) is 13.1 Å². The molecule has 2 fully saturated rings. The van der Waals surface area contributed by atoms with Crippen LogP contribution in [0.2, 0.25) is 0 Å². The molecule has 0 radical (unpaired) electrons. The number of hydrogen-bond acceptors (Lipinski definition) is 3. The van der Waals surface area contributed by atoms with Crippen molar-refractivity contribution in [3.8, 4) is 0 Å². The summed E-state index contributed by atoms with van der Waals surface area (Å²) in [6.07, 6.45) is 4.94. The smallest absolute Gasteiger partial charge is 0.253 e. The second kappa shape index (κ2) is 5.76. The van der Waals surface area contributed by atoms with Gasteiger partial charge in [0.2, 0.25) is 0 Å². The van der Waals surface area contributed by atoms with Gasteiger partial charge in [0.1, 0.15) is 0 Å². The number of oxime groups is 1. The lowest BCUT2D eigenvalue weighted by molar-refractivity contribution is 0.0739. The van der Waals surface area contributed by atoms with Crippen LogP contribution in [0.15, 0.2) is 29.4 Å². The summed E-state index contributed by atoms with van der Waals surface area (Å²) in [5.74, 6) is 1.45. The number of amidine groups is 1. The molecule has 0 bridgehead atoms. The highest BCUT2D eigenvalue weighted by molar-refractivity contribution is 6.01. The summed E-state index contributed by atoms with van der Waals surface area (Å²) in [5, 5.41) is 11.7. The molecule has 0 heterocycles. The molecule has 0 spiro atoms. The second-order valence-electron chi connectivity index (χ2n) is 6.16. The van der Waals surface area contributed by atoms with Gasteiger partial charge in [-0.05, 0) is 49.7 Å². The van der Waals surface area contributed by atoms with Crippen LogP contribution in [0.5, 0.6) is 0 Å². The maximum absolute atomic E-state index is 12.7. The fourth-order valence-electron chi connectivity index (χ4n) is 2.52. The lowest BCUT2D eigenvalue weighted by Crippen LogP contribution is -2.34. The lowest BCUT2D eigenvalue weighted by atomic mass is 10.1. The second-order valence-corrected chi connectivity index (χ2v) is 6.16. The van der Waals surface area contributed by atoms with E-state index < -0.39 is 0 Å². The molecule has 0 aromatic heterocycles. The van der Waals surface area contributed by atoms with Gasteiger partial charge in [0.25, 0.3) is 5.91 Å². The van der Waals surface area contributed by atoms with Gasteiger partial charge < -0.3 is 15.8 Å². The number of rotatable bonds is 6. The molecule has 0 atom stereocenters. The highest BCUT2D eigenvalue weighted by Gasteiger charge is 2.31. The quantitative estimate of drug-likeness (QED) is 0.364. The van der Waals surface area contributed by atoms with E-state index in [1.165, 1.54) is 25.7 Å². The zero-order valence-electron chi connectivity index (χ0n) is 12.0. The van der Waals surface area contributed by atoms with E-state index >= 15 is 0 Å². The van der Waals surface area contributed by atoms with E-state index in [0.717, 1.165) is 13.1 Å². The summed E-state index contributed by atoms with van der Waals surface area (Å²) in [6.45, 7) is 1.73. The van der Waals surface area contributed by atoms with Crippen molar-refractivity contribution in [1.82, 2.24) is 4.90 Å². The zero-order chi connectivity index (χ0) is 14.8.